The molecule has 1 aliphatic rings. The zero-order chi connectivity index (χ0) is 14.7. The summed E-state index contributed by atoms with van der Waals surface area (Å²) in [5, 5.41) is 8.99. The smallest absolute Gasteiger partial charge is 0.320 e. The lowest BCUT2D eigenvalue weighted by atomic mass is 10.1. The molecule has 0 radical (unpaired) electrons. The lowest BCUT2D eigenvalue weighted by molar-refractivity contribution is -0.143. The average Bonchev–Trinajstić information content (AvgIpc) is 2.46. The number of carboxylic acids is 1. The van der Waals surface area contributed by atoms with Crippen LogP contribution in [0.5, 0.6) is 0 Å². The van der Waals surface area contributed by atoms with Crippen molar-refractivity contribution in [1.29, 1.82) is 0 Å². The molecular weight excluding hydrogens is 324 g/mol. The number of carbonyl (C=O) groups excluding carboxylic acids is 1. The highest BCUT2D eigenvalue weighted by atomic mass is 79.9. The fourth-order valence-corrected chi connectivity index (χ4v) is 2.51. The summed E-state index contributed by atoms with van der Waals surface area (Å²) in [4.78, 5) is 26.9. The molecule has 1 heterocycles. The van der Waals surface area contributed by atoms with E-state index in [1.807, 2.05) is 17.0 Å². The van der Waals surface area contributed by atoms with Gasteiger partial charge in [0.25, 0.3) is 5.91 Å². The van der Waals surface area contributed by atoms with Crippen molar-refractivity contribution < 1.29 is 14.7 Å². The minimum Gasteiger partial charge on any atom is -0.480 e. The van der Waals surface area contributed by atoms with Gasteiger partial charge in [0.15, 0.2) is 0 Å². The Kier molecular flexibility index (Phi) is 4.77. The van der Waals surface area contributed by atoms with Crippen molar-refractivity contribution >= 4 is 27.8 Å². The Balaban J connectivity index is 1.95. The largest absolute Gasteiger partial charge is 0.480 e. The maximum Gasteiger partial charge on any atom is 0.320 e. The number of hydrogen-bond donors (Lipinski definition) is 1. The Bertz CT molecular complexity index is 496. The van der Waals surface area contributed by atoms with Crippen molar-refractivity contribution in [3.05, 3.63) is 34.3 Å². The normalized spacial score (nSPS) is 17.8. The number of carboxylic acid groups (broad SMARTS) is 1. The Morgan fingerprint density at radius 1 is 1.15 bits per heavy atom. The zero-order valence-corrected chi connectivity index (χ0v) is 12.8. The molecule has 0 bridgehead atoms. The molecule has 0 aliphatic carbocycles. The molecule has 108 valence electrons. The number of rotatable bonds is 3. The molecule has 1 aliphatic heterocycles. The van der Waals surface area contributed by atoms with Gasteiger partial charge < -0.3 is 10.0 Å². The first kappa shape index (κ1) is 15.0. The van der Waals surface area contributed by atoms with Crippen LogP contribution < -0.4 is 0 Å². The molecule has 1 fully saturated rings. The fourth-order valence-electron chi connectivity index (χ4n) is 2.24. The van der Waals surface area contributed by atoms with Crippen LogP contribution in [0.15, 0.2) is 28.7 Å². The molecule has 1 saturated heterocycles. The lowest BCUT2D eigenvalue weighted by Crippen LogP contribution is -2.53. The minimum absolute atomic E-state index is 0.000119. The number of carbonyl (C=O) groups is 2. The van der Waals surface area contributed by atoms with Crippen molar-refractivity contribution in [3.8, 4) is 0 Å². The Labute approximate surface area is 126 Å². The van der Waals surface area contributed by atoms with Gasteiger partial charge in [0.2, 0.25) is 0 Å². The van der Waals surface area contributed by atoms with Gasteiger partial charge in [-0.3, -0.25) is 14.5 Å². The Morgan fingerprint density at radius 2 is 1.70 bits per heavy atom. The number of nitrogens with zero attached hydrogens (tertiary/aromatic N) is 2. The summed E-state index contributed by atoms with van der Waals surface area (Å²) >= 11 is 3.34. The van der Waals surface area contributed by atoms with Crippen molar-refractivity contribution in [2.24, 2.45) is 0 Å². The quantitative estimate of drug-likeness (QED) is 0.909. The van der Waals surface area contributed by atoms with Crippen molar-refractivity contribution in [2.45, 2.75) is 13.0 Å². The third kappa shape index (κ3) is 3.37. The molecule has 1 aromatic carbocycles. The van der Waals surface area contributed by atoms with E-state index in [9.17, 15) is 9.59 Å². The van der Waals surface area contributed by atoms with Gasteiger partial charge in [-0.25, -0.2) is 0 Å². The third-order valence-corrected chi connectivity index (χ3v) is 4.13. The molecule has 6 heteroatoms. The van der Waals surface area contributed by atoms with Gasteiger partial charge in [0.1, 0.15) is 6.04 Å². The van der Waals surface area contributed by atoms with Crippen LogP contribution in [0.1, 0.15) is 17.3 Å². The predicted molar refractivity (Wildman–Crippen MR) is 78.7 cm³/mol. The highest BCUT2D eigenvalue weighted by Gasteiger charge is 2.27. The standard InChI is InChI=1S/C14H17BrN2O3/c1-10(14(19)20)16-6-8-17(9-7-16)13(18)11-2-4-12(15)5-3-11/h2-5,10H,6-9H2,1H3,(H,19,20)/t10-/m0/s1. The van der Waals surface area contributed by atoms with Gasteiger partial charge in [-0.05, 0) is 31.2 Å². The first-order valence-electron chi connectivity index (χ1n) is 6.50. The molecule has 0 spiro atoms. The monoisotopic (exact) mass is 340 g/mol. The van der Waals surface area contributed by atoms with E-state index in [1.165, 1.54) is 0 Å². The predicted octanol–water partition coefficient (Wildman–Crippen LogP) is 1.68. The second kappa shape index (κ2) is 6.37. The van der Waals surface area contributed by atoms with Crippen LogP contribution in [0, 0.1) is 0 Å². The van der Waals surface area contributed by atoms with E-state index in [2.05, 4.69) is 15.9 Å². The summed E-state index contributed by atoms with van der Waals surface area (Å²) in [5.41, 5.74) is 0.660. The molecule has 1 N–H and O–H groups in total. The van der Waals surface area contributed by atoms with Gasteiger partial charge in [0, 0.05) is 36.2 Å². The van der Waals surface area contributed by atoms with Gasteiger partial charge in [-0.15, -0.1) is 0 Å². The summed E-state index contributed by atoms with van der Waals surface area (Å²) in [7, 11) is 0. The van der Waals surface area contributed by atoms with Crippen molar-refractivity contribution in [1.82, 2.24) is 9.80 Å². The molecule has 20 heavy (non-hydrogen) atoms. The summed E-state index contributed by atoms with van der Waals surface area (Å²) in [6, 6.07) is 6.77. The van der Waals surface area contributed by atoms with Gasteiger partial charge in [-0.2, -0.15) is 0 Å². The van der Waals surface area contributed by atoms with Gasteiger partial charge in [-0.1, -0.05) is 15.9 Å². The molecule has 1 atom stereocenters. The summed E-state index contributed by atoms with van der Waals surface area (Å²) in [6.45, 7) is 3.99. The number of benzene rings is 1. The molecule has 0 saturated carbocycles. The summed E-state index contributed by atoms with van der Waals surface area (Å²) in [5.74, 6) is -0.821. The average molecular weight is 341 g/mol. The topological polar surface area (TPSA) is 60.9 Å². The van der Waals surface area contributed by atoms with Gasteiger partial charge >= 0.3 is 5.97 Å². The highest BCUT2D eigenvalue weighted by molar-refractivity contribution is 9.10. The third-order valence-electron chi connectivity index (χ3n) is 3.60. The molecule has 0 unspecified atom stereocenters. The van der Waals surface area contributed by atoms with Crippen LogP contribution >= 0.6 is 15.9 Å². The maximum absolute atomic E-state index is 12.3. The number of halogens is 1. The molecule has 1 aromatic rings. The van der Waals surface area contributed by atoms with Crippen LogP contribution in [0.25, 0.3) is 0 Å². The van der Waals surface area contributed by atoms with E-state index in [-0.39, 0.29) is 5.91 Å². The molecule has 5 nitrogen and oxygen atoms in total. The van der Waals surface area contributed by atoms with Crippen LogP contribution in [0.3, 0.4) is 0 Å². The van der Waals surface area contributed by atoms with Crippen LogP contribution in [-0.4, -0.2) is 59.0 Å². The highest BCUT2D eigenvalue weighted by Crippen LogP contribution is 2.14. The van der Waals surface area contributed by atoms with Crippen LogP contribution in [0.4, 0.5) is 0 Å². The Hall–Kier alpha value is -1.40. The van der Waals surface area contributed by atoms with E-state index in [4.69, 9.17) is 5.11 Å². The number of aliphatic carboxylic acids is 1. The van der Waals surface area contributed by atoms with Gasteiger partial charge in [0.05, 0.1) is 0 Å². The minimum atomic E-state index is -0.822. The van der Waals surface area contributed by atoms with E-state index in [0.29, 0.717) is 31.7 Å². The second-order valence-corrected chi connectivity index (χ2v) is 5.76. The van der Waals surface area contributed by atoms with Crippen LogP contribution in [0.2, 0.25) is 0 Å². The molecular formula is C14H17BrN2O3. The first-order chi connectivity index (χ1) is 9.49. The first-order valence-corrected chi connectivity index (χ1v) is 7.30. The van der Waals surface area contributed by atoms with Crippen LogP contribution in [-0.2, 0) is 4.79 Å². The SMILES string of the molecule is C[C@@H](C(=O)O)N1CCN(C(=O)c2ccc(Br)cc2)CC1. The molecule has 0 aromatic heterocycles. The second-order valence-electron chi connectivity index (χ2n) is 4.85. The Morgan fingerprint density at radius 3 is 2.20 bits per heavy atom. The zero-order valence-electron chi connectivity index (χ0n) is 11.3. The number of amides is 1. The van der Waals surface area contributed by atoms with Crippen molar-refractivity contribution in [3.63, 3.8) is 0 Å². The van der Waals surface area contributed by atoms with E-state index in [1.54, 1.807) is 24.0 Å². The number of hydrogen-bond acceptors (Lipinski definition) is 3. The van der Waals surface area contributed by atoms with Crippen molar-refractivity contribution in [2.75, 3.05) is 26.2 Å². The lowest BCUT2D eigenvalue weighted by Gasteiger charge is -2.36. The van der Waals surface area contributed by atoms with E-state index < -0.39 is 12.0 Å². The summed E-state index contributed by atoms with van der Waals surface area (Å²) in [6.07, 6.45) is 0. The fraction of sp³-hybridized carbons (Fsp3) is 0.429. The number of piperazine rings is 1. The maximum atomic E-state index is 12.3. The molecule has 1 amide bonds. The molecule has 2 rings (SSSR count). The van der Waals surface area contributed by atoms with E-state index >= 15 is 0 Å². The summed E-state index contributed by atoms with van der Waals surface area (Å²) < 4.78 is 0.939. The van der Waals surface area contributed by atoms with E-state index in [0.717, 1.165) is 4.47 Å².